The summed E-state index contributed by atoms with van der Waals surface area (Å²) >= 11 is 0. The monoisotopic (exact) mass is 304 g/mol. The summed E-state index contributed by atoms with van der Waals surface area (Å²) in [7, 11) is 0. The number of nitrogens with zero attached hydrogens (tertiary/aromatic N) is 1. The van der Waals surface area contributed by atoms with E-state index in [-0.39, 0.29) is 5.56 Å². The van der Waals surface area contributed by atoms with E-state index in [1.807, 2.05) is 36.4 Å². The second kappa shape index (κ2) is 5.39. The van der Waals surface area contributed by atoms with Crippen molar-refractivity contribution in [2.75, 3.05) is 0 Å². The highest BCUT2D eigenvalue weighted by atomic mass is 16.4. The highest BCUT2D eigenvalue weighted by molar-refractivity contribution is 6.05. The second-order valence-corrected chi connectivity index (χ2v) is 5.66. The number of aromatic nitrogens is 1. The van der Waals surface area contributed by atoms with E-state index in [9.17, 15) is 9.90 Å². The summed E-state index contributed by atoms with van der Waals surface area (Å²) in [5.74, 6) is -0.392. The first kappa shape index (κ1) is 13.8. The van der Waals surface area contributed by atoms with Crippen LogP contribution in [0.1, 0.15) is 40.2 Å². The van der Waals surface area contributed by atoms with Gasteiger partial charge in [0.1, 0.15) is 5.76 Å². The minimum atomic E-state index is -1.14. The Hall–Kier alpha value is -2.88. The van der Waals surface area contributed by atoms with Gasteiger partial charge < -0.3 is 14.3 Å². The molecule has 2 heterocycles. The number of carboxylic acid groups (broad SMARTS) is 1. The molecule has 0 amide bonds. The number of carboxylic acids is 1. The van der Waals surface area contributed by atoms with Gasteiger partial charge in [-0.3, -0.25) is 0 Å². The fourth-order valence-electron chi connectivity index (χ4n) is 3.25. The Morgan fingerprint density at radius 2 is 2.04 bits per heavy atom. The molecule has 0 spiro atoms. The van der Waals surface area contributed by atoms with E-state index in [0.717, 1.165) is 35.4 Å². The maximum atomic E-state index is 11.7. The molecule has 114 valence electrons. The molecule has 0 saturated heterocycles. The summed E-state index contributed by atoms with van der Waals surface area (Å²) in [5, 5.41) is 12.4. The van der Waals surface area contributed by atoms with Crippen LogP contribution in [0.3, 0.4) is 0 Å². The highest BCUT2D eigenvalue weighted by Crippen LogP contribution is 2.35. The molecular formula is C19H14NO3-. The lowest BCUT2D eigenvalue weighted by Gasteiger charge is -2.23. The smallest absolute Gasteiger partial charge is 0.126 e. The molecule has 23 heavy (non-hydrogen) atoms. The van der Waals surface area contributed by atoms with Gasteiger partial charge in [0, 0.05) is 10.9 Å². The first-order valence-corrected chi connectivity index (χ1v) is 7.61. The third-order valence-corrected chi connectivity index (χ3v) is 4.23. The van der Waals surface area contributed by atoms with Crippen LogP contribution in [0.25, 0.3) is 22.6 Å². The summed E-state index contributed by atoms with van der Waals surface area (Å²) in [4.78, 5) is 16.5. The number of fused-ring (bicyclic) bond motifs is 2. The Kier molecular flexibility index (Phi) is 3.23. The molecule has 4 rings (SSSR count). The van der Waals surface area contributed by atoms with Crippen molar-refractivity contribution in [3.05, 3.63) is 65.2 Å². The van der Waals surface area contributed by atoms with Gasteiger partial charge in [-0.15, -0.1) is 0 Å². The molecule has 0 bridgehead atoms. The molecule has 0 aliphatic heterocycles. The quantitative estimate of drug-likeness (QED) is 0.730. The van der Waals surface area contributed by atoms with Crippen molar-refractivity contribution >= 4 is 28.5 Å². The lowest BCUT2D eigenvalue weighted by Crippen LogP contribution is -2.26. The number of pyridine rings is 1. The molecule has 1 aromatic carbocycles. The van der Waals surface area contributed by atoms with E-state index in [2.05, 4.69) is 0 Å². The summed E-state index contributed by atoms with van der Waals surface area (Å²) in [6, 6.07) is 11.0. The molecule has 4 nitrogen and oxygen atoms in total. The lowest BCUT2D eigenvalue weighted by atomic mass is 9.86. The minimum Gasteiger partial charge on any atom is -0.545 e. The van der Waals surface area contributed by atoms with E-state index in [0.29, 0.717) is 17.3 Å². The normalized spacial score (nSPS) is 15.7. The van der Waals surface area contributed by atoms with Crippen LogP contribution >= 0.6 is 0 Å². The summed E-state index contributed by atoms with van der Waals surface area (Å²) in [6.07, 6.45) is 6.01. The van der Waals surface area contributed by atoms with Crippen LogP contribution in [0.4, 0.5) is 0 Å². The number of hydrogen-bond acceptors (Lipinski definition) is 4. The van der Waals surface area contributed by atoms with Crippen molar-refractivity contribution in [2.45, 2.75) is 19.3 Å². The molecule has 0 saturated carbocycles. The molecule has 0 N–H and O–H groups in total. The SMILES string of the molecule is O=C([O-])c1c2c(nc3ccccc13)/C(=C/c1ccco1)CCC2. The first-order chi connectivity index (χ1) is 11.2. The van der Waals surface area contributed by atoms with Crippen molar-refractivity contribution in [1.29, 1.82) is 0 Å². The Morgan fingerprint density at radius 3 is 2.83 bits per heavy atom. The summed E-state index contributed by atoms with van der Waals surface area (Å²) in [6.45, 7) is 0. The van der Waals surface area contributed by atoms with Gasteiger partial charge in [0.15, 0.2) is 0 Å². The number of furan rings is 1. The predicted octanol–water partition coefficient (Wildman–Crippen LogP) is 3.07. The van der Waals surface area contributed by atoms with Gasteiger partial charge in [0.2, 0.25) is 0 Å². The first-order valence-electron chi connectivity index (χ1n) is 7.61. The van der Waals surface area contributed by atoms with Gasteiger partial charge in [-0.1, -0.05) is 18.2 Å². The number of allylic oxidation sites excluding steroid dienone is 1. The van der Waals surface area contributed by atoms with E-state index < -0.39 is 5.97 Å². The average Bonchev–Trinajstić information content (AvgIpc) is 3.06. The fraction of sp³-hybridized carbons (Fsp3) is 0.158. The number of carbonyl (C=O) groups excluding carboxylic acids is 1. The van der Waals surface area contributed by atoms with E-state index in [1.165, 1.54) is 0 Å². The van der Waals surface area contributed by atoms with Crippen molar-refractivity contribution < 1.29 is 14.3 Å². The molecule has 2 aromatic heterocycles. The zero-order valence-corrected chi connectivity index (χ0v) is 12.4. The molecular weight excluding hydrogens is 290 g/mol. The van der Waals surface area contributed by atoms with Crippen LogP contribution in [0.5, 0.6) is 0 Å². The Balaban J connectivity index is 2.01. The molecule has 3 aromatic rings. The van der Waals surface area contributed by atoms with Crippen molar-refractivity contribution in [1.82, 2.24) is 4.98 Å². The van der Waals surface area contributed by atoms with Gasteiger partial charge >= 0.3 is 0 Å². The standard InChI is InChI=1S/C19H15NO3/c21-19(22)17-14-7-1-2-9-16(14)20-18-12(5-3-8-15(17)18)11-13-6-4-10-23-13/h1-2,4,6-7,9-11H,3,5,8H2,(H,21,22)/p-1/b12-11+. The van der Waals surface area contributed by atoms with Gasteiger partial charge in [0.05, 0.1) is 23.4 Å². The van der Waals surface area contributed by atoms with Crippen molar-refractivity contribution in [3.8, 4) is 0 Å². The van der Waals surface area contributed by atoms with E-state index in [4.69, 9.17) is 9.40 Å². The lowest BCUT2D eigenvalue weighted by molar-refractivity contribution is -0.254. The summed E-state index contributed by atoms with van der Waals surface area (Å²) < 4.78 is 5.38. The highest BCUT2D eigenvalue weighted by Gasteiger charge is 2.22. The molecule has 0 unspecified atom stereocenters. The molecule has 0 atom stereocenters. The number of carbonyl (C=O) groups is 1. The third kappa shape index (κ3) is 2.32. The third-order valence-electron chi connectivity index (χ3n) is 4.23. The van der Waals surface area contributed by atoms with Crippen LogP contribution in [-0.2, 0) is 6.42 Å². The average molecular weight is 304 g/mol. The number of aromatic carboxylic acids is 1. The second-order valence-electron chi connectivity index (χ2n) is 5.66. The molecule has 0 fully saturated rings. The number of para-hydroxylation sites is 1. The van der Waals surface area contributed by atoms with E-state index in [1.54, 1.807) is 12.3 Å². The maximum Gasteiger partial charge on any atom is 0.126 e. The van der Waals surface area contributed by atoms with Gasteiger partial charge in [-0.2, -0.15) is 0 Å². The van der Waals surface area contributed by atoms with Gasteiger partial charge in [-0.05, 0) is 54.7 Å². The Morgan fingerprint density at radius 1 is 1.17 bits per heavy atom. The zero-order valence-electron chi connectivity index (χ0n) is 12.4. The van der Waals surface area contributed by atoms with Crippen molar-refractivity contribution in [2.24, 2.45) is 0 Å². The molecule has 0 radical (unpaired) electrons. The van der Waals surface area contributed by atoms with Crippen LogP contribution < -0.4 is 5.11 Å². The maximum absolute atomic E-state index is 11.7. The molecule has 1 aliphatic rings. The summed E-state index contributed by atoms with van der Waals surface area (Å²) in [5.41, 5.74) is 3.49. The minimum absolute atomic E-state index is 0.274. The zero-order chi connectivity index (χ0) is 15.8. The number of rotatable bonds is 2. The van der Waals surface area contributed by atoms with Gasteiger partial charge in [0.25, 0.3) is 0 Å². The van der Waals surface area contributed by atoms with E-state index >= 15 is 0 Å². The molecule has 1 aliphatic carbocycles. The topological polar surface area (TPSA) is 66.2 Å². The largest absolute Gasteiger partial charge is 0.545 e. The Bertz CT molecular complexity index is 923. The van der Waals surface area contributed by atoms with Crippen molar-refractivity contribution in [3.63, 3.8) is 0 Å². The van der Waals surface area contributed by atoms with Gasteiger partial charge in [-0.25, -0.2) is 4.98 Å². The number of benzene rings is 1. The van der Waals surface area contributed by atoms with Crippen LogP contribution in [0.2, 0.25) is 0 Å². The number of hydrogen-bond donors (Lipinski definition) is 0. The Labute approximate surface area is 133 Å². The fourth-order valence-corrected chi connectivity index (χ4v) is 3.25. The van der Waals surface area contributed by atoms with Crippen LogP contribution in [0.15, 0.2) is 47.1 Å². The molecule has 4 heteroatoms. The predicted molar refractivity (Wildman–Crippen MR) is 85.6 cm³/mol. The van der Waals surface area contributed by atoms with Crippen LogP contribution in [-0.4, -0.2) is 11.0 Å². The van der Waals surface area contributed by atoms with Crippen LogP contribution in [0, 0.1) is 0 Å².